The highest BCUT2D eigenvalue weighted by Crippen LogP contribution is 2.34. The van der Waals surface area contributed by atoms with Crippen LogP contribution in [-0.4, -0.2) is 240 Å². The summed E-state index contributed by atoms with van der Waals surface area (Å²) in [5, 5.41) is 22.6. The second-order valence-corrected chi connectivity index (χ2v) is 21.2. The maximum Gasteiger partial charge on any atom is 0.328 e. The molecule has 0 saturated carbocycles. The minimum absolute atomic E-state index is 0.0180. The van der Waals surface area contributed by atoms with Crippen molar-refractivity contribution in [3.8, 4) is 0 Å². The number of urea groups is 1. The van der Waals surface area contributed by atoms with E-state index >= 15 is 0 Å². The molecule has 0 aromatic heterocycles. The molecule has 0 unspecified atom stereocenters. The normalized spacial score (nSPS) is 15.9. The molecule has 2 aliphatic rings. The maximum absolute atomic E-state index is 14.1. The van der Waals surface area contributed by atoms with Crippen LogP contribution in [0.2, 0.25) is 0 Å². The zero-order chi connectivity index (χ0) is 61.2. The number of nitrogens with one attached hydrogen (secondary N) is 9. The summed E-state index contributed by atoms with van der Waals surface area (Å²) in [7, 11) is 0.661. The van der Waals surface area contributed by atoms with Gasteiger partial charge >= 0.3 is 19.6 Å². The molecule has 464 valence electrons. The van der Waals surface area contributed by atoms with Crippen molar-refractivity contribution in [1.82, 2.24) is 57.7 Å². The van der Waals surface area contributed by atoms with E-state index in [1.165, 1.54) is 7.05 Å². The Kier molecular flexibility index (Phi) is 33.9. The number of ether oxygens (including phenoxy) is 5. The summed E-state index contributed by atoms with van der Waals surface area (Å²) < 4.78 is 38.0. The van der Waals surface area contributed by atoms with Gasteiger partial charge in [-0.25, -0.2) is 9.59 Å². The molecule has 0 radical (unpaired) electrons. The Morgan fingerprint density at radius 3 is 1.82 bits per heavy atom. The Morgan fingerprint density at radius 2 is 1.26 bits per heavy atom. The van der Waals surface area contributed by atoms with Crippen LogP contribution in [0.25, 0.3) is 0 Å². The van der Waals surface area contributed by atoms with E-state index in [0.29, 0.717) is 24.3 Å². The third-order valence-corrected chi connectivity index (χ3v) is 12.9. The van der Waals surface area contributed by atoms with Gasteiger partial charge < -0.3 is 92.0 Å². The predicted molar refractivity (Wildman–Crippen MR) is 288 cm³/mol. The molecule has 0 aliphatic carbocycles. The zero-order valence-corrected chi connectivity index (χ0v) is 48.0. The van der Waals surface area contributed by atoms with Crippen molar-refractivity contribution in [3.05, 3.63) is 12.2 Å². The molecule has 82 heavy (non-hydrogen) atoms. The number of hydrogen-bond acceptors (Lipinski definition) is 19. The van der Waals surface area contributed by atoms with Crippen LogP contribution >= 0.6 is 7.60 Å². The number of likely N-dealkylation sites (N-methyl/N-ethyl adjacent to an activating group) is 1. The first-order valence-corrected chi connectivity index (χ1v) is 28.6. The molecule has 0 bridgehead atoms. The van der Waals surface area contributed by atoms with Crippen molar-refractivity contribution in [1.29, 1.82) is 0 Å². The second-order valence-electron chi connectivity index (χ2n) is 19.4. The lowest BCUT2D eigenvalue weighted by molar-refractivity contribution is -0.145. The lowest BCUT2D eigenvalue weighted by Crippen LogP contribution is -2.60. The number of carbonyl (C=O) groups is 12. The van der Waals surface area contributed by atoms with Crippen molar-refractivity contribution < 1.29 is 95.6 Å². The van der Waals surface area contributed by atoms with Gasteiger partial charge in [-0.2, -0.15) is 0 Å². The van der Waals surface area contributed by atoms with Crippen LogP contribution in [0.15, 0.2) is 12.2 Å². The molecule has 0 spiro atoms. The van der Waals surface area contributed by atoms with Crippen LogP contribution < -0.4 is 53.6 Å². The first-order valence-electron chi connectivity index (χ1n) is 26.8. The smallest absolute Gasteiger partial charge is 0.328 e. The molecular formula is C49H83N12O20P. The molecule has 6 atom stereocenters. The van der Waals surface area contributed by atoms with E-state index in [2.05, 4.69) is 47.9 Å². The van der Waals surface area contributed by atoms with E-state index in [1.54, 1.807) is 13.8 Å². The van der Waals surface area contributed by atoms with Gasteiger partial charge in [-0.1, -0.05) is 13.8 Å². The van der Waals surface area contributed by atoms with Crippen molar-refractivity contribution >= 4 is 78.7 Å². The quantitative estimate of drug-likeness (QED) is 0.0118. The van der Waals surface area contributed by atoms with E-state index in [9.17, 15) is 62.1 Å². The van der Waals surface area contributed by atoms with E-state index < -0.39 is 146 Å². The van der Waals surface area contributed by atoms with Gasteiger partial charge in [0.2, 0.25) is 47.3 Å². The monoisotopic (exact) mass is 1190 g/mol. The van der Waals surface area contributed by atoms with Crippen LogP contribution in [0.3, 0.4) is 0 Å². The summed E-state index contributed by atoms with van der Waals surface area (Å²) >= 11 is 0. The van der Waals surface area contributed by atoms with Gasteiger partial charge in [0.1, 0.15) is 36.3 Å². The number of hydrogen-bond donors (Lipinski definition) is 12. The fourth-order valence-corrected chi connectivity index (χ4v) is 8.22. The Bertz CT molecular complexity index is 2220. The number of amides is 12. The number of unbranched alkanes of at least 4 members (excludes halogenated alkanes) is 1. The minimum Gasteiger partial charge on any atom is -0.464 e. The molecule has 1 fully saturated rings. The number of imide groups is 1. The second kappa shape index (κ2) is 38.9. The molecule has 12 amide bonds. The fourth-order valence-electron chi connectivity index (χ4n) is 7.73. The van der Waals surface area contributed by atoms with Gasteiger partial charge in [0, 0.05) is 58.1 Å². The summed E-state index contributed by atoms with van der Waals surface area (Å²) in [5.41, 5.74) is 5.12. The Morgan fingerprint density at radius 1 is 0.683 bits per heavy atom. The highest BCUT2D eigenvalue weighted by molar-refractivity contribution is 7.51. The van der Waals surface area contributed by atoms with Crippen molar-refractivity contribution in [2.75, 3.05) is 113 Å². The summed E-state index contributed by atoms with van der Waals surface area (Å²) in [6.07, 6.45) is 1.60. The Labute approximate surface area is 475 Å². The number of esters is 1. The van der Waals surface area contributed by atoms with Crippen LogP contribution in [0.1, 0.15) is 71.6 Å². The number of rotatable bonds is 43. The van der Waals surface area contributed by atoms with Gasteiger partial charge in [-0.05, 0) is 58.7 Å². The molecule has 33 heteroatoms. The van der Waals surface area contributed by atoms with E-state index in [-0.39, 0.29) is 105 Å². The average Bonchev–Trinajstić information content (AvgIpc) is 4.12. The van der Waals surface area contributed by atoms with Crippen LogP contribution in [0.5, 0.6) is 0 Å². The molecule has 0 aromatic rings. The summed E-state index contributed by atoms with van der Waals surface area (Å²) in [5.74, 6) is -8.79. The van der Waals surface area contributed by atoms with Gasteiger partial charge in [0.25, 0.3) is 11.8 Å². The highest BCUT2D eigenvalue weighted by Gasteiger charge is 2.37. The molecule has 2 rings (SSSR count). The number of primary amides is 1. The summed E-state index contributed by atoms with van der Waals surface area (Å²) in [4.78, 5) is 174. The number of nitrogens with zero attached hydrogens (tertiary/aromatic N) is 2. The predicted octanol–water partition coefficient (Wildman–Crippen LogP) is -5.12. The minimum atomic E-state index is -4.46. The largest absolute Gasteiger partial charge is 0.464 e. The van der Waals surface area contributed by atoms with Crippen LogP contribution in [0.4, 0.5) is 4.79 Å². The molecular weight excluding hydrogens is 1110 g/mol. The van der Waals surface area contributed by atoms with E-state index in [1.807, 2.05) is 19.0 Å². The summed E-state index contributed by atoms with van der Waals surface area (Å²) in [6.45, 7) is 4.44. The van der Waals surface area contributed by atoms with Gasteiger partial charge in [-0.15, -0.1) is 0 Å². The van der Waals surface area contributed by atoms with Gasteiger partial charge in [-0.3, -0.25) is 57.4 Å². The number of nitrogens with two attached hydrogens (primary N) is 1. The third kappa shape index (κ3) is 29.9. The molecule has 0 aromatic carbocycles. The molecule has 2 heterocycles. The third-order valence-electron chi connectivity index (χ3n) is 12.1. The fraction of sp³-hybridized carbons (Fsp3) is 0.714. The van der Waals surface area contributed by atoms with Crippen molar-refractivity contribution in [2.45, 2.75) is 108 Å². The molecule has 2 aliphatic heterocycles. The van der Waals surface area contributed by atoms with Crippen molar-refractivity contribution in [3.63, 3.8) is 0 Å². The SMILES string of the molecule is CNC(=O)[C@H](CCCNC(N)=O)NC(=O)[C@@H](NC(=O)[C@H](CC(=O)N[C@H]1CCOC1=O)NC(=O)[C@H](CCCCN(C)C)NC(=O)CCOCCOCCOCCOCCNC(=O)[C@H](CNC(=O)CCP(=O)(O)O)N1C(=O)C=CC1=O)C(C)C. The van der Waals surface area contributed by atoms with E-state index in [0.717, 1.165) is 12.2 Å². The lowest BCUT2D eigenvalue weighted by atomic mass is 10.0. The van der Waals surface area contributed by atoms with Crippen molar-refractivity contribution in [2.24, 2.45) is 11.7 Å². The number of carbonyl (C=O) groups excluding carboxylic acids is 12. The van der Waals surface area contributed by atoms with Gasteiger partial charge in [0.05, 0.1) is 72.0 Å². The first kappa shape index (κ1) is 71.4. The average molecular weight is 1190 g/mol. The standard InChI is InChI=1S/C49H83N12O20P/c1-31(2)42(47(71)57-32(43(67)51-3)10-8-16-53-49(50)73)59-45(69)35(29-39(64)56-34-13-20-81-48(34)72)58-44(68)33(9-6-7-18-60(4)5)55-38(63)14-19-77-22-24-79-26-27-80-25-23-78-21-17-52-46(70)36(61-40(65)11-12-41(61)66)30-54-37(62)15-28-82(74,75)76/h11-12,31-36,42H,6-10,13-30H2,1-5H3,(H,51,67)(H,52,70)(H,54,62)(H,55,63)(H,56,64)(H,57,71)(H,58,68)(H,59,69)(H3,50,53,73)(H2,74,75,76)/t32-,33-,34-,35-,36-,42-/m0/s1. The maximum atomic E-state index is 14.1. The summed E-state index contributed by atoms with van der Waals surface area (Å²) in [6, 6.07) is -8.35. The lowest BCUT2D eigenvalue weighted by Gasteiger charge is -2.28. The first-order chi connectivity index (χ1) is 38.8. The van der Waals surface area contributed by atoms with E-state index in [4.69, 9.17) is 39.2 Å². The molecule has 1 saturated heterocycles. The number of cyclic esters (lactones) is 1. The zero-order valence-electron chi connectivity index (χ0n) is 47.1. The van der Waals surface area contributed by atoms with Gasteiger partial charge in [0.15, 0.2) is 0 Å². The van der Waals surface area contributed by atoms with Crippen LogP contribution in [0, 0.1) is 5.92 Å². The van der Waals surface area contributed by atoms with Crippen LogP contribution in [-0.2, 0) is 81.0 Å². The Balaban J connectivity index is 1.89. The molecule has 13 N–H and O–H groups in total. The highest BCUT2D eigenvalue weighted by atomic mass is 31.2. The topological polar surface area (TPSA) is 449 Å². The Hall–Kier alpha value is -6.67. The molecule has 32 nitrogen and oxygen atoms in total.